The second-order valence-corrected chi connectivity index (χ2v) is 4.85. The van der Waals surface area contributed by atoms with Crippen LogP contribution in [0.1, 0.15) is 15.9 Å². The van der Waals surface area contributed by atoms with Crippen LogP contribution >= 0.6 is 11.8 Å². The number of hydrogen-bond acceptors (Lipinski definition) is 3. The molecule has 1 aromatic carbocycles. The molecule has 0 spiro atoms. The number of rotatable bonds is 3. The van der Waals surface area contributed by atoms with Crippen LogP contribution in [0.3, 0.4) is 0 Å². The van der Waals surface area contributed by atoms with Gasteiger partial charge in [0.15, 0.2) is 0 Å². The molecule has 1 heterocycles. The van der Waals surface area contributed by atoms with E-state index in [0.29, 0.717) is 9.92 Å². The molecule has 1 aromatic heterocycles. The number of pyridine rings is 1. The molecule has 0 unspecified atom stereocenters. The molecule has 0 radical (unpaired) electrons. The van der Waals surface area contributed by atoms with Crippen LogP contribution in [-0.4, -0.2) is 16.1 Å². The smallest absolute Gasteiger partial charge is 0.417 e. The Bertz CT molecular complexity index is 626. The lowest BCUT2D eigenvalue weighted by Gasteiger charge is -2.07. The van der Waals surface area contributed by atoms with Crippen molar-refractivity contribution in [3.63, 3.8) is 0 Å². The van der Waals surface area contributed by atoms with Crippen molar-refractivity contribution < 1.29 is 23.1 Å². The predicted octanol–water partition coefficient (Wildman–Crippen LogP) is 3.95. The molecule has 0 fully saturated rings. The summed E-state index contributed by atoms with van der Waals surface area (Å²) >= 11 is 1.00. The van der Waals surface area contributed by atoms with Crippen molar-refractivity contribution in [2.75, 3.05) is 0 Å². The van der Waals surface area contributed by atoms with E-state index in [1.54, 1.807) is 18.2 Å². The van der Waals surface area contributed by atoms with Gasteiger partial charge in [0.05, 0.1) is 11.1 Å². The molecule has 0 aliphatic rings. The zero-order valence-electron chi connectivity index (χ0n) is 9.89. The molecule has 0 aliphatic carbocycles. The van der Waals surface area contributed by atoms with Crippen LogP contribution in [0.15, 0.2) is 52.5 Å². The Balaban J connectivity index is 2.25. The normalized spacial score (nSPS) is 11.3. The van der Waals surface area contributed by atoms with Gasteiger partial charge in [-0.15, -0.1) is 0 Å². The maximum atomic E-state index is 12.4. The van der Waals surface area contributed by atoms with Crippen LogP contribution in [0.25, 0.3) is 0 Å². The largest absolute Gasteiger partial charge is 0.478 e. The number of aromatic carboxylic acids is 1. The molecule has 0 saturated carbocycles. The Morgan fingerprint density at radius 1 is 1.15 bits per heavy atom. The summed E-state index contributed by atoms with van der Waals surface area (Å²) < 4.78 is 37.2. The molecule has 1 N–H and O–H groups in total. The molecular formula is C13H8F3NO2S. The number of carboxylic acids is 1. The summed E-state index contributed by atoms with van der Waals surface area (Å²) in [5.41, 5.74) is -0.757. The molecule has 0 bridgehead atoms. The third-order valence-electron chi connectivity index (χ3n) is 2.40. The SMILES string of the molecule is O=C(O)c1ccccc1Sc1ccc(C(F)(F)F)cn1. The standard InChI is InChI=1S/C13H8F3NO2S/c14-13(15,16)8-5-6-11(17-7-8)20-10-4-2-1-3-9(10)12(18)19/h1-7H,(H,18,19). The van der Waals surface area contributed by atoms with Crippen molar-refractivity contribution >= 4 is 17.7 Å². The monoisotopic (exact) mass is 299 g/mol. The minimum absolute atomic E-state index is 0.0826. The molecule has 7 heteroatoms. The summed E-state index contributed by atoms with van der Waals surface area (Å²) in [4.78, 5) is 15.1. The number of halogens is 3. The fourth-order valence-corrected chi connectivity index (χ4v) is 2.33. The minimum Gasteiger partial charge on any atom is -0.478 e. The summed E-state index contributed by atoms with van der Waals surface area (Å²) in [6.45, 7) is 0. The van der Waals surface area contributed by atoms with Gasteiger partial charge in [-0.1, -0.05) is 23.9 Å². The fourth-order valence-electron chi connectivity index (χ4n) is 1.45. The van der Waals surface area contributed by atoms with Gasteiger partial charge >= 0.3 is 12.1 Å². The van der Waals surface area contributed by atoms with E-state index in [2.05, 4.69) is 4.98 Å². The molecule has 0 amide bonds. The highest BCUT2D eigenvalue weighted by atomic mass is 32.2. The van der Waals surface area contributed by atoms with Crippen LogP contribution in [0, 0.1) is 0 Å². The lowest BCUT2D eigenvalue weighted by atomic mass is 10.2. The van der Waals surface area contributed by atoms with Gasteiger partial charge in [0, 0.05) is 11.1 Å². The van der Waals surface area contributed by atoms with Crippen molar-refractivity contribution in [2.45, 2.75) is 16.1 Å². The van der Waals surface area contributed by atoms with Gasteiger partial charge in [-0.05, 0) is 24.3 Å². The van der Waals surface area contributed by atoms with Gasteiger partial charge in [0.2, 0.25) is 0 Å². The van der Waals surface area contributed by atoms with Gasteiger partial charge in [0.25, 0.3) is 0 Å². The first-order valence-corrected chi connectivity index (χ1v) is 6.23. The molecule has 0 aliphatic heterocycles. The lowest BCUT2D eigenvalue weighted by Crippen LogP contribution is -2.05. The number of carboxylic acid groups (broad SMARTS) is 1. The van der Waals surface area contributed by atoms with Crippen LogP contribution in [0.4, 0.5) is 13.2 Å². The Kier molecular flexibility index (Phi) is 3.99. The van der Waals surface area contributed by atoms with Crippen LogP contribution < -0.4 is 0 Å². The topological polar surface area (TPSA) is 50.2 Å². The first-order chi connectivity index (χ1) is 9.38. The first kappa shape index (κ1) is 14.4. The molecule has 0 saturated heterocycles. The van der Waals surface area contributed by atoms with E-state index in [0.717, 1.165) is 24.0 Å². The van der Waals surface area contributed by atoms with E-state index in [4.69, 9.17) is 5.11 Å². The highest BCUT2D eigenvalue weighted by molar-refractivity contribution is 7.99. The zero-order valence-corrected chi connectivity index (χ0v) is 10.7. The quantitative estimate of drug-likeness (QED) is 0.932. The predicted molar refractivity (Wildman–Crippen MR) is 66.8 cm³/mol. The lowest BCUT2D eigenvalue weighted by molar-refractivity contribution is -0.137. The summed E-state index contributed by atoms with van der Waals surface area (Å²) in [5, 5.41) is 9.31. The summed E-state index contributed by atoms with van der Waals surface area (Å²) in [6.07, 6.45) is -3.71. The number of hydrogen-bond donors (Lipinski definition) is 1. The van der Waals surface area contributed by atoms with Gasteiger partial charge in [0.1, 0.15) is 5.03 Å². The van der Waals surface area contributed by atoms with E-state index in [9.17, 15) is 18.0 Å². The van der Waals surface area contributed by atoms with Gasteiger partial charge in [-0.2, -0.15) is 13.2 Å². The third kappa shape index (κ3) is 3.30. The fraction of sp³-hybridized carbons (Fsp3) is 0.0769. The van der Waals surface area contributed by atoms with Gasteiger partial charge in [-0.25, -0.2) is 9.78 Å². The van der Waals surface area contributed by atoms with E-state index in [-0.39, 0.29) is 5.56 Å². The number of carbonyl (C=O) groups is 1. The van der Waals surface area contributed by atoms with Gasteiger partial charge in [-0.3, -0.25) is 0 Å². The number of alkyl halides is 3. The van der Waals surface area contributed by atoms with Crippen molar-refractivity contribution in [3.8, 4) is 0 Å². The molecule has 104 valence electrons. The average molecular weight is 299 g/mol. The van der Waals surface area contributed by atoms with Crippen molar-refractivity contribution in [1.82, 2.24) is 4.98 Å². The Hall–Kier alpha value is -2.02. The Labute approximate surface area is 116 Å². The van der Waals surface area contributed by atoms with Crippen molar-refractivity contribution in [3.05, 3.63) is 53.7 Å². The maximum absolute atomic E-state index is 12.4. The molecule has 20 heavy (non-hydrogen) atoms. The summed E-state index contributed by atoms with van der Waals surface area (Å²) in [7, 11) is 0. The summed E-state index contributed by atoms with van der Waals surface area (Å²) in [6, 6.07) is 8.36. The minimum atomic E-state index is -4.44. The molecular weight excluding hydrogens is 291 g/mol. The Morgan fingerprint density at radius 2 is 1.85 bits per heavy atom. The van der Waals surface area contributed by atoms with E-state index < -0.39 is 17.7 Å². The zero-order chi connectivity index (χ0) is 14.8. The molecule has 2 aromatic rings. The third-order valence-corrected chi connectivity index (χ3v) is 3.42. The molecule has 3 nitrogen and oxygen atoms in total. The second-order valence-electron chi connectivity index (χ2n) is 3.79. The second kappa shape index (κ2) is 5.54. The first-order valence-electron chi connectivity index (χ1n) is 5.41. The number of aromatic nitrogens is 1. The van der Waals surface area contributed by atoms with Gasteiger partial charge < -0.3 is 5.11 Å². The molecule has 0 atom stereocenters. The molecule has 2 rings (SSSR count). The van der Waals surface area contributed by atoms with Crippen LogP contribution in [0.2, 0.25) is 0 Å². The highest BCUT2D eigenvalue weighted by Gasteiger charge is 2.30. The maximum Gasteiger partial charge on any atom is 0.417 e. The van der Waals surface area contributed by atoms with Crippen LogP contribution in [-0.2, 0) is 6.18 Å². The number of benzene rings is 1. The van der Waals surface area contributed by atoms with E-state index >= 15 is 0 Å². The van der Waals surface area contributed by atoms with E-state index in [1.807, 2.05) is 0 Å². The van der Waals surface area contributed by atoms with Crippen LogP contribution in [0.5, 0.6) is 0 Å². The van der Waals surface area contributed by atoms with Crippen molar-refractivity contribution in [1.29, 1.82) is 0 Å². The highest BCUT2D eigenvalue weighted by Crippen LogP contribution is 2.32. The van der Waals surface area contributed by atoms with Crippen molar-refractivity contribution in [2.24, 2.45) is 0 Å². The average Bonchev–Trinajstić information content (AvgIpc) is 2.38. The number of nitrogens with zero attached hydrogens (tertiary/aromatic N) is 1. The Morgan fingerprint density at radius 3 is 2.40 bits per heavy atom. The van der Waals surface area contributed by atoms with E-state index in [1.165, 1.54) is 12.1 Å². The summed E-state index contributed by atoms with van der Waals surface area (Å²) in [5.74, 6) is -1.10.